The van der Waals surface area contributed by atoms with Gasteiger partial charge in [0.1, 0.15) is 0 Å². The number of hydrogen-bond acceptors (Lipinski definition) is 5. The molecule has 1 aromatic carbocycles. The third-order valence-electron chi connectivity index (χ3n) is 4.49. The molecule has 1 atom stereocenters. The van der Waals surface area contributed by atoms with Gasteiger partial charge >= 0.3 is 0 Å². The summed E-state index contributed by atoms with van der Waals surface area (Å²) in [5, 5.41) is 9.82. The molecule has 1 saturated heterocycles. The van der Waals surface area contributed by atoms with Crippen molar-refractivity contribution in [3.05, 3.63) is 42.2 Å². The Hall–Kier alpha value is -1.98. The summed E-state index contributed by atoms with van der Waals surface area (Å²) in [5.41, 5.74) is 1.28. The molecule has 1 fully saturated rings. The highest BCUT2D eigenvalue weighted by atomic mass is 16.5. The minimum absolute atomic E-state index is 0.510. The highest BCUT2D eigenvalue weighted by molar-refractivity contribution is 5.56. The maximum Gasteiger partial charge on any atom is 0.159 e. The molecule has 0 amide bonds. The van der Waals surface area contributed by atoms with E-state index in [2.05, 4.69) is 21.9 Å². The Balaban J connectivity index is 1.62. The smallest absolute Gasteiger partial charge is 0.159 e. The van der Waals surface area contributed by atoms with Crippen LogP contribution < -0.4 is 4.74 Å². The molecule has 0 aliphatic carbocycles. The lowest BCUT2D eigenvalue weighted by atomic mass is 9.98. The Bertz CT molecular complexity index is 693. The molecule has 0 unspecified atom stereocenters. The Morgan fingerprint density at radius 1 is 1.33 bits per heavy atom. The molecule has 1 aliphatic heterocycles. The molecule has 1 aliphatic rings. The van der Waals surface area contributed by atoms with Crippen molar-refractivity contribution < 1.29 is 11.2 Å². The van der Waals surface area contributed by atoms with Crippen LogP contribution in [0, 0.1) is 5.92 Å². The zero-order valence-electron chi connectivity index (χ0n) is 15.3. The van der Waals surface area contributed by atoms with Crippen LogP contribution in [0.3, 0.4) is 0 Å². The molecule has 0 radical (unpaired) electrons. The molecule has 2 heterocycles. The van der Waals surface area contributed by atoms with Crippen LogP contribution in [0.25, 0.3) is 11.4 Å². The lowest BCUT2D eigenvalue weighted by molar-refractivity contribution is 0.159. The van der Waals surface area contributed by atoms with E-state index in [9.17, 15) is 5.11 Å². The zero-order valence-corrected chi connectivity index (χ0v) is 14.3. The number of nitrogens with zero attached hydrogens (tertiary/aromatic N) is 3. The van der Waals surface area contributed by atoms with E-state index in [1.807, 2.05) is 6.07 Å². The average Bonchev–Trinajstić information content (AvgIpc) is 2.61. The molecule has 24 heavy (non-hydrogen) atoms. The van der Waals surface area contributed by atoms with Crippen molar-refractivity contribution >= 4 is 0 Å². The highest BCUT2D eigenvalue weighted by Gasteiger charge is 2.17. The average molecular weight is 328 g/mol. The van der Waals surface area contributed by atoms with Crippen LogP contribution in [-0.2, 0) is 0 Å². The fraction of sp³-hybridized carbons (Fsp3) is 0.474. The minimum Gasteiger partial charge on any atom is -0.490 e. The summed E-state index contributed by atoms with van der Waals surface area (Å²) < 4.78 is 13.6. The van der Waals surface area contributed by atoms with Gasteiger partial charge in [-0.25, -0.2) is 9.97 Å². The van der Waals surface area contributed by atoms with Gasteiger partial charge in [0.05, 0.1) is 26.5 Å². The monoisotopic (exact) mass is 328 g/mol. The number of ether oxygens (including phenoxy) is 1. The second kappa shape index (κ2) is 7.73. The van der Waals surface area contributed by atoms with Crippen molar-refractivity contribution in [2.24, 2.45) is 5.92 Å². The number of aliphatic hydroxyl groups is 1. The van der Waals surface area contributed by atoms with Gasteiger partial charge in [-0.1, -0.05) is 18.2 Å². The summed E-state index contributed by atoms with van der Waals surface area (Å²) in [5.74, 6) is 1.82. The zero-order chi connectivity index (χ0) is 17.9. The fourth-order valence-corrected chi connectivity index (χ4v) is 2.87. The topological polar surface area (TPSA) is 58.5 Å². The first-order valence-electron chi connectivity index (χ1n) is 8.88. The van der Waals surface area contributed by atoms with Crippen LogP contribution in [0.15, 0.2) is 36.7 Å². The van der Waals surface area contributed by atoms with Crippen LogP contribution in [-0.4, -0.2) is 46.7 Å². The largest absolute Gasteiger partial charge is 0.490 e. The molecule has 1 aromatic heterocycles. The van der Waals surface area contributed by atoms with E-state index in [0.717, 1.165) is 31.5 Å². The molecule has 1 N–H and O–H groups in total. The molecule has 0 saturated carbocycles. The lowest BCUT2D eigenvalue weighted by Gasteiger charge is -2.28. The van der Waals surface area contributed by atoms with Crippen molar-refractivity contribution in [1.82, 2.24) is 14.9 Å². The first-order valence-corrected chi connectivity index (χ1v) is 8.38. The van der Waals surface area contributed by atoms with Gasteiger partial charge in [0.2, 0.25) is 0 Å². The molecule has 0 spiro atoms. The summed E-state index contributed by atoms with van der Waals surface area (Å²) in [6, 6.07) is 7.11. The van der Waals surface area contributed by atoms with Crippen LogP contribution in [0.5, 0.6) is 5.75 Å². The van der Waals surface area contributed by atoms with Crippen LogP contribution in [0.2, 0.25) is 0 Å². The molecular formula is C19H25N3O2. The summed E-state index contributed by atoms with van der Waals surface area (Å²) in [6.07, 6.45) is 4.06. The Morgan fingerprint density at radius 3 is 2.71 bits per heavy atom. The number of hydrogen-bond donors (Lipinski definition) is 1. The molecule has 5 nitrogen and oxygen atoms in total. The van der Waals surface area contributed by atoms with E-state index >= 15 is 0 Å². The van der Waals surface area contributed by atoms with Crippen LogP contribution >= 0.6 is 0 Å². The van der Waals surface area contributed by atoms with Crippen molar-refractivity contribution in [1.29, 1.82) is 0 Å². The minimum atomic E-state index is -1.63. The van der Waals surface area contributed by atoms with Crippen LogP contribution in [0.4, 0.5) is 0 Å². The summed E-state index contributed by atoms with van der Waals surface area (Å²) in [7, 11) is 2.15. The number of benzene rings is 1. The lowest BCUT2D eigenvalue weighted by Crippen LogP contribution is -2.32. The second-order valence-electron chi connectivity index (χ2n) is 6.47. The summed E-state index contributed by atoms with van der Waals surface area (Å²) >= 11 is 0. The molecule has 0 bridgehead atoms. The molecule has 128 valence electrons. The van der Waals surface area contributed by atoms with Gasteiger partial charge in [-0.15, -0.1) is 0 Å². The first-order chi connectivity index (χ1) is 11.9. The fourth-order valence-electron chi connectivity index (χ4n) is 2.87. The van der Waals surface area contributed by atoms with Crippen LogP contribution in [0.1, 0.15) is 32.8 Å². The van der Waals surface area contributed by atoms with Gasteiger partial charge in [-0.05, 0) is 57.5 Å². The number of aromatic nitrogens is 2. The van der Waals surface area contributed by atoms with Crippen molar-refractivity contribution in [3.63, 3.8) is 0 Å². The molecule has 2 aromatic rings. The number of likely N-dealkylation sites (tertiary alicyclic amines) is 1. The van der Waals surface area contributed by atoms with Gasteiger partial charge in [0.25, 0.3) is 0 Å². The van der Waals surface area contributed by atoms with E-state index in [-0.39, 0.29) is 0 Å². The Morgan fingerprint density at radius 2 is 2.04 bits per heavy atom. The Kier molecular flexibility index (Phi) is 5.00. The molecular weight excluding hydrogens is 302 g/mol. The van der Waals surface area contributed by atoms with Gasteiger partial charge < -0.3 is 14.7 Å². The van der Waals surface area contributed by atoms with E-state index < -0.39 is 6.08 Å². The van der Waals surface area contributed by atoms with Crippen molar-refractivity contribution in [3.8, 4) is 17.1 Å². The number of piperidine rings is 1. The predicted octanol–water partition coefficient (Wildman–Crippen LogP) is 2.92. The Labute approximate surface area is 144 Å². The normalized spacial score (nSPS) is 19.5. The standard InChI is InChI=1S/C19H25N3O2/c1-14(23)16-4-3-5-17(10-16)19-20-11-18(12-21-19)24-13-15-6-8-22(2)9-7-15/h3-5,10-12,14-15,23H,6-9,13H2,1-2H3/t14-/m0/s1/i14D. The highest BCUT2D eigenvalue weighted by Crippen LogP contribution is 2.22. The third-order valence-corrected chi connectivity index (χ3v) is 4.49. The van der Waals surface area contributed by atoms with Gasteiger partial charge in [-0.2, -0.15) is 0 Å². The second-order valence-corrected chi connectivity index (χ2v) is 6.47. The van der Waals surface area contributed by atoms with Gasteiger partial charge in [0.15, 0.2) is 11.6 Å². The number of rotatable bonds is 5. The predicted molar refractivity (Wildman–Crippen MR) is 93.8 cm³/mol. The maximum atomic E-state index is 9.82. The van der Waals surface area contributed by atoms with E-state index in [0.29, 0.717) is 29.7 Å². The van der Waals surface area contributed by atoms with E-state index in [1.165, 1.54) is 6.92 Å². The third kappa shape index (κ3) is 4.30. The molecule has 3 rings (SSSR count). The van der Waals surface area contributed by atoms with E-state index in [4.69, 9.17) is 6.11 Å². The maximum absolute atomic E-state index is 9.82. The first kappa shape index (κ1) is 15.5. The SMILES string of the molecule is [2H][C@@](C)(O)c1cccc(-c2ncc(OCC3CCN(C)CC3)cn2)c1. The molecule has 5 heteroatoms. The summed E-state index contributed by atoms with van der Waals surface area (Å²) in [6.45, 7) is 4.39. The summed E-state index contributed by atoms with van der Waals surface area (Å²) in [4.78, 5) is 11.1. The quantitative estimate of drug-likeness (QED) is 0.914. The van der Waals surface area contributed by atoms with Crippen molar-refractivity contribution in [2.75, 3.05) is 26.7 Å². The van der Waals surface area contributed by atoms with E-state index in [1.54, 1.807) is 30.6 Å². The van der Waals surface area contributed by atoms with Gasteiger partial charge in [0, 0.05) is 5.56 Å². The van der Waals surface area contributed by atoms with Gasteiger partial charge in [-0.3, -0.25) is 0 Å². The van der Waals surface area contributed by atoms with Crippen molar-refractivity contribution in [2.45, 2.75) is 25.8 Å².